The van der Waals surface area contributed by atoms with Crippen molar-refractivity contribution < 1.29 is 9.57 Å². The number of thioether (sulfide) groups is 1. The molecule has 1 saturated heterocycles. The summed E-state index contributed by atoms with van der Waals surface area (Å²) in [5, 5.41) is 0. The minimum Gasteiger partial charge on any atom is -0.490 e. The molecule has 0 aromatic heterocycles. The number of rotatable bonds is 5. The first-order valence-corrected chi connectivity index (χ1v) is 7.19. The van der Waals surface area contributed by atoms with Gasteiger partial charge in [-0.2, -0.15) is 11.8 Å². The highest BCUT2D eigenvalue weighted by atomic mass is 32.2. The maximum atomic E-state index is 5.99. The molecule has 1 aromatic rings. The molecule has 17 heavy (non-hydrogen) atoms. The molecule has 1 aliphatic rings. The Kier molecular flexibility index (Phi) is 5.16. The zero-order valence-electron chi connectivity index (χ0n) is 9.93. The summed E-state index contributed by atoms with van der Waals surface area (Å²) in [5.74, 6) is 8.43. The van der Waals surface area contributed by atoms with Gasteiger partial charge in [0.15, 0.2) is 0 Å². The van der Waals surface area contributed by atoms with E-state index in [0.717, 1.165) is 25.0 Å². The lowest BCUT2D eigenvalue weighted by Gasteiger charge is -2.23. The first kappa shape index (κ1) is 12.7. The molecule has 0 spiro atoms. The summed E-state index contributed by atoms with van der Waals surface area (Å²) in [5.41, 5.74) is 1.21. The van der Waals surface area contributed by atoms with Crippen molar-refractivity contribution in [3.8, 4) is 5.75 Å². The second-order valence-electron chi connectivity index (χ2n) is 4.20. The lowest BCUT2D eigenvalue weighted by molar-refractivity contribution is 0.141. The first-order valence-electron chi connectivity index (χ1n) is 6.03. The summed E-state index contributed by atoms with van der Waals surface area (Å²) in [6, 6.07) is 8.21. The van der Waals surface area contributed by atoms with Crippen molar-refractivity contribution in [1.82, 2.24) is 0 Å². The summed E-state index contributed by atoms with van der Waals surface area (Å²) >= 11 is 2.01. The van der Waals surface area contributed by atoms with Crippen LogP contribution in [0.4, 0.5) is 0 Å². The van der Waals surface area contributed by atoms with Crippen LogP contribution in [0.25, 0.3) is 0 Å². The molecule has 1 aromatic carbocycles. The maximum absolute atomic E-state index is 5.99. The third-order valence-electron chi connectivity index (χ3n) is 2.88. The van der Waals surface area contributed by atoms with Gasteiger partial charge < -0.3 is 9.57 Å². The predicted molar refractivity (Wildman–Crippen MR) is 71.3 cm³/mol. The minimum absolute atomic E-state index is 0.386. The van der Waals surface area contributed by atoms with Gasteiger partial charge in [-0.15, -0.1) is 0 Å². The van der Waals surface area contributed by atoms with E-state index < -0.39 is 0 Å². The first-order chi connectivity index (χ1) is 8.38. The van der Waals surface area contributed by atoms with E-state index >= 15 is 0 Å². The van der Waals surface area contributed by atoms with Gasteiger partial charge in [0.05, 0.1) is 6.61 Å². The zero-order chi connectivity index (χ0) is 11.9. The van der Waals surface area contributed by atoms with Crippen LogP contribution in [0.15, 0.2) is 24.3 Å². The van der Waals surface area contributed by atoms with Gasteiger partial charge >= 0.3 is 0 Å². The van der Waals surface area contributed by atoms with Crippen LogP contribution in [0.1, 0.15) is 18.4 Å². The van der Waals surface area contributed by atoms with Crippen molar-refractivity contribution in [3.05, 3.63) is 29.8 Å². The van der Waals surface area contributed by atoms with Crippen molar-refractivity contribution in [2.45, 2.75) is 25.4 Å². The monoisotopic (exact) mass is 253 g/mol. The molecule has 1 heterocycles. The number of nitrogens with two attached hydrogens (primary N) is 1. The number of benzene rings is 1. The number of hydrogen-bond donors (Lipinski definition) is 1. The fourth-order valence-corrected chi connectivity index (χ4v) is 3.00. The van der Waals surface area contributed by atoms with Crippen molar-refractivity contribution in [2.75, 3.05) is 18.1 Å². The highest BCUT2D eigenvalue weighted by Crippen LogP contribution is 2.23. The molecule has 3 nitrogen and oxygen atoms in total. The van der Waals surface area contributed by atoms with Crippen LogP contribution in [0.3, 0.4) is 0 Å². The Morgan fingerprint density at radius 2 is 2.12 bits per heavy atom. The molecule has 0 unspecified atom stereocenters. The number of ether oxygens (including phenoxy) is 1. The Bertz CT molecular complexity index is 340. The van der Waals surface area contributed by atoms with Gasteiger partial charge in [-0.05, 0) is 48.5 Å². The second-order valence-corrected chi connectivity index (χ2v) is 5.42. The van der Waals surface area contributed by atoms with E-state index in [1.54, 1.807) is 0 Å². The van der Waals surface area contributed by atoms with Crippen LogP contribution < -0.4 is 10.6 Å². The maximum Gasteiger partial charge on any atom is 0.119 e. The highest BCUT2D eigenvalue weighted by Gasteiger charge is 2.14. The van der Waals surface area contributed by atoms with Crippen LogP contribution >= 0.6 is 11.8 Å². The van der Waals surface area contributed by atoms with Gasteiger partial charge in [0.2, 0.25) is 0 Å². The molecule has 0 saturated carbocycles. The Morgan fingerprint density at radius 3 is 2.88 bits per heavy atom. The second kappa shape index (κ2) is 6.89. The quantitative estimate of drug-likeness (QED) is 0.818. The van der Waals surface area contributed by atoms with Gasteiger partial charge in [-0.25, -0.2) is 5.90 Å². The molecule has 0 amide bonds. The molecule has 0 aliphatic carbocycles. The van der Waals surface area contributed by atoms with E-state index in [-0.39, 0.29) is 0 Å². The van der Waals surface area contributed by atoms with Gasteiger partial charge in [0.1, 0.15) is 11.9 Å². The van der Waals surface area contributed by atoms with E-state index in [1.165, 1.54) is 17.1 Å². The standard InChI is InChI=1S/C13H19NO2S/c14-15-7-4-11-2-1-3-13(10-11)16-12-5-8-17-9-6-12/h1-3,10,12H,4-9,14H2. The van der Waals surface area contributed by atoms with Gasteiger partial charge in [0, 0.05) is 0 Å². The highest BCUT2D eigenvalue weighted by molar-refractivity contribution is 7.99. The molecule has 0 bridgehead atoms. The lowest BCUT2D eigenvalue weighted by Crippen LogP contribution is -2.22. The topological polar surface area (TPSA) is 44.5 Å². The van der Waals surface area contributed by atoms with Crippen LogP contribution in [0, 0.1) is 0 Å². The van der Waals surface area contributed by atoms with Crippen LogP contribution in [0.5, 0.6) is 5.75 Å². The lowest BCUT2D eigenvalue weighted by atomic mass is 10.1. The molecular weight excluding hydrogens is 234 g/mol. The Labute approximate surface area is 107 Å². The Morgan fingerprint density at radius 1 is 1.29 bits per heavy atom. The molecule has 0 atom stereocenters. The van der Waals surface area contributed by atoms with Crippen molar-refractivity contribution in [1.29, 1.82) is 0 Å². The molecule has 2 N–H and O–H groups in total. The third-order valence-corrected chi connectivity index (χ3v) is 3.93. The zero-order valence-corrected chi connectivity index (χ0v) is 10.7. The van der Waals surface area contributed by atoms with E-state index in [9.17, 15) is 0 Å². The van der Waals surface area contributed by atoms with Crippen molar-refractivity contribution in [2.24, 2.45) is 5.90 Å². The van der Waals surface area contributed by atoms with Crippen LogP contribution in [-0.4, -0.2) is 24.2 Å². The molecular formula is C13H19NO2S. The molecule has 1 aliphatic heterocycles. The third kappa shape index (κ3) is 4.22. The average molecular weight is 253 g/mol. The summed E-state index contributed by atoms with van der Waals surface area (Å²) in [6.07, 6.45) is 3.52. The van der Waals surface area contributed by atoms with Gasteiger partial charge in [-0.3, -0.25) is 0 Å². The van der Waals surface area contributed by atoms with E-state index in [1.807, 2.05) is 23.9 Å². The Balaban J connectivity index is 1.90. The largest absolute Gasteiger partial charge is 0.490 e. The molecule has 4 heteroatoms. The van der Waals surface area contributed by atoms with Crippen LogP contribution in [-0.2, 0) is 11.3 Å². The normalized spacial score (nSPS) is 17.0. The predicted octanol–water partition coefficient (Wildman–Crippen LogP) is 2.39. The molecule has 0 radical (unpaired) electrons. The molecule has 1 fully saturated rings. The van der Waals surface area contributed by atoms with Gasteiger partial charge in [-0.1, -0.05) is 12.1 Å². The fourth-order valence-electron chi connectivity index (χ4n) is 1.94. The number of hydrogen-bond acceptors (Lipinski definition) is 4. The van der Waals surface area contributed by atoms with Crippen molar-refractivity contribution in [3.63, 3.8) is 0 Å². The fraction of sp³-hybridized carbons (Fsp3) is 0.538. The summed E-state index contributed by atoms with van der Waals surface area (Å²) in [4.78, 5) is 4.59. The van der Waals surface area contributed by atoms with E-state index in [0.29, 0.717) is 12.7 Å². The van der Waals surface area contributed by atoms with Crippen molar-refractivity contribution >= 4 is 11.8 Å². The Hall–Kier alpha value is -0.710. The smallest absolute Gasteiger partial charge is 0.119 e. The molecule has 94 valence electrons. The molecule has 2 rings (SSSR count). The van der Waals surface area contributed by atoms with E-state index in [4.69, 9.17) is 10.6 Å². The van der Waals surface area contributed by atoms with Gasteiger partial charge in [0.25, 0.3) is 0 Å². The summed E-state index contributed by atoms with van der Waals surface area (Å²) in [7, 11) is 0. The van der Waals surface area contributed by atoms with Crippen LogP contribution in [0.2, 0.25) is 0 Å². The average Bonchev–Trinajstić information content (AvgIpc) is 2.38. The summed E-state index contributed by atoms with van der Waals surface area (Å²) in [6.45, 7) is 0.545. The SMILES string of the molecule is NOCCc1cccc(OC2CCSCC2)c1. The van der Waals surface area contributed by atoms with E-state index in [2.05, 4.69) is 17.0 Å². The summed E-state index contributed by atoms with van der Waals surface area (Å²) < 4.78 is 5.99. The minimum atomic E-state index is 0.386.